The molecule has 6 heteroatoms. The second-order valence-electron chi connectivity index (χ2n) is 6.80. The fourth-order valence-corrected chi connectivity index (χ4v) is 3.42. The van der Waals surface area contributed by atoms with Crippen LogP contribution in [0.5, 0.6) is 5.88 Å². The maximum atomic E-state index is 13.1. The first-order valence-electron chi connectivity index (χ1n) is 8.64. The Morgan fingerprint density at radius 3 is 2.62 bits per heavy atom. The van der Waals surface area contributed by atoms with Crippen LogP contribution in [-0.4, -0.2) is 24.7 Å². The highest BCUT2D eigenvalue weighted by Crippen LogP contribution is 2.42. The normalized spacial score (nSPS) is 14.2. The quantitative estimate of drug-likeness (QED) is 0.598. The van der Waals surface area contributed by atoms with E-state index in [4.69, 9.17) is 0 Å². The molecule has 130 valence electrons. The molecule has 2 aromatic heterocycles. The monoisotopic (exact) mass is 348 g/mol. The number of fused-ring (bicyclic) bond motifs is 1. The Kier molecular flexibility index (Phi) is 3.16. The van der Waals surface area contributed by atoms with Crippen molar-refractivity contribution in [3.8, 4) is 22.8 Å². The summed E-state index contributed by atoms with van der Waals surface area (Å²) in [5.41, 5.74) is 3.36. The van der Waals surface area contributed by atoms with E-state index in [-0.39, 0.29) is 5.82 Å². The summed E-state index contributed by atoms with van der Waals surface area (Å²) < 4.78 is 16.8. The molecule has 0 spiro atoms. The average Bonchev–Trinajstić information content (AvgIpc) is 3.34. The summed E-state index contributed by atoms with van der Waals surface area (Å²) in [6.45, 7) is 1.94. The largest absolute Gasteiger partial charge is 0.494 e. The second kappa shape index (κ2) is 5.42. The molecule has 0 saturated heterocycles. The van der Waals surface area contributed by atoms with Crippen molar-refractivity contribution in [2.45, 2.75) is 25.8 Å². The van der Waals surface area contributed by atoms with Gasteiger partial charge in [0.1, 0.15) is 11.5 Å². The molecule has 26 heavy (non-hydrogen) atoms. The summed E-state index contributed by atoms with van der Waals surface area (Å²) in [5.74, 6) is 0.0536. The Labute approximate surface area is 149 Å². The van der Waals surface area contributed by atoms with Crippen molar-refractivity contribution in [3.05, 3.63) is 60.2 Å². The van der Waals surface area contributed by atoms with Crippen LogP contribution in [0.1, 0.15) is 24.6 Å². The molecule has 0 radical (unpaired) electrons. The number of rotatable bonds is 3. The van der Waals surface area contributed by atoms with Crippen molar-refractivity contribution in [2.24, 2.45) is 0 Å². The lowest BCUT2D eigenvalue weighted by Gasteiger charge is -2.04. The minimum absolute atomic E-state index is 0.280. The van der Waals surface area contributed by atoms with E-state index in [9.17, 15) is 9.50 Å². The zero-order valence-corrected chi connectivity index (χ0v) is 14.2. The number of hydrogen-bond donors (Lipinski definition) is 1. The van der Waals surface area contributed by atoms with Gasteiger partial charge < -0.3 is 9.67 Å². The van der Waals surface area contributed by atoms with Crippen molar-refractivity contribution >= 4 is 10.8 Å². The van der Waals surface area contributed by atoms with Gasteiger partial charge in [0.15, 0.2) is 5.88 Å². The van der Waals surface area contributed by atoms with Gasteiger partial charge in [-0.15, -0.1) is 5.10 Å². The van der Waals surface area contributed by atoms with Crippen molar-refractivity contribution in [1.29, 1.82) is 0 Å². The lowest BCUT2D eigenvalue weighted by Crippen LogP contribution is -1.99. The van der Waals surface area contributed by atoms with E-state index in [0.717, 1.165) is 46.3 Å². The number of halogens is 1. The fraction of sp³-hybridized carbons (Fsp3) is 0.200. The SMILES string of the molecule is Cc1c(-c2ccc3c(O)n(C4CC4)cc3c2)nnn1-c1ccc(F)cc1. The van der Waals surface area contributed by atoms with Crippen LogP contribution in [0.2, 0.25) is 0 Å². The lowest BCUT2D eigenvalue weighted by atomic mass is 10.1. The predicted octanol–water partition coefficient (Wildman–Crippen LogP) is 4.38. The van der Waals surface area contributed by atoms with Crippen LogP contribution in [0.25, 0.3) is 27.7 Å². The third-order valence-electron chi connectivity index (χ3n) is 4.99. The summed E-state index contributed by atoms with van der Waals surface area (Å²) in [6.07, 6.45) is 4.24. The average molecular weight is 348 g/mol. The Morgan fingerprint density at radius 1 is 1.12 bits per heavy atom. The van der Waals surface area contributed by atoms with E-state index in [1.165, 1.54) is 12.1 Å². The van der Waals surface area contributed by atoms with Gasteiger partial charge in [0.2, 0.25) is 0 Å². The molecule has 1 saturated carbocycles. The van der Waals surface area contributed by atoms with Crippen LogP contribution in [0.15, 0.2) is 48.7 Å². The molecule has 0 bridgehead atoms. The van der Waals surface area contributed by atoms with Gasteiger partial charge in [-0.3, -0.25) is 0 Å². The van der Waals surface area contributed by atoms with E-state index in [0.29, 0.717) is 11.9 Å². The fourth-order valence-electron chi connectivity index (χ4n) is 3.42. The molecule has 0 unspecified atom stereocenters. The molecular formula is C20H17FN4O. The molecule has 2 heterocycles. The molecular weight excluding hydrogens is 331 g/mol. The van der Waals surface area contributed by atoms with Gasteiger partial charge in [0.25, 0.3) is 0 Å². The molecule has 0 atom stereocenters. The smallest absolute Gasteiger partial charge is 0.199 e. The second-order valence-corrected chi connectivity index (χ2v) is 6.80. The van der Waals surface area contributed by atoms with E-state index in [1.54, 1.807) is 16.8 Å². The van der Waals surface area contributed by atoms with Gasteiger partial charge in [0, 0.05) is 28.6 Å². The van der Waals surface area contributed by atoms with E-state index >= 15 is 0 Å². The third kappa shape index (κ3) is 2.29. The first-order chi connectivity index (χ1) is 12.6. The van der Waals surface area contributed by atoms with Gasteiger partial charge >= 0.3 is 0 Å². The molecule has 1 N–H and O–H groups in total. The van der Waals surface area contributed by atoms with Crippen LogP contribution in [-0.2, 0) is 0 Å². The molecule has 1 fully saturated rings. The van der Waals surface area contributed by atoms with Crippen LogP contribution < -0.4 is 0 Å². The predicted molar refractivity (Wildman–Crippen MR) is 96.9 cm³/mol. The highest BCUT2D eigenvalue weighted by molar-refractivity contribution is 5.91. The molecule has 0 aliphatic heterocycles. The summed E-state index contributed by atoms with van der Waals surface area (Å²) in [6, 6.07) is 12.5. The molecule has 5 rings (SSSR count). The lowest BCUT2D eigenvalue weighted by molar-refractivity contribution is 0.424. The zero-order chi connectivity index (χ0) is 17.8. The van der Waals surface area contributed by atoms with E-state index in [1.807, 2.05) is 35.9 Å². The molecule has 5 nitrogen and oxygen atoms in total. The number of aromatic nitrogens is 4. The highest BCUT2D eigenvalue weighted by Gasteiger charge is 2.26. The third-order valence-corrected chi connectivity index (χ3v) is 4.99. The summed E-state index contributed by atoms with van der Waals surface area (Å²) in [5, 5.41) is 20.8. The maximum Gasteiger partial charge on any atom is 0.199 e. The summed E-state index contributed by atoms with van der Waals surface area (Å²) in [4.78, 5) is 0. The van der Waals surface area contributed by atoms with Crippen molar-refractivity contribution in [2.75, 3.05) is 0 Å². The van der Waals surface area contributed by atoms with Crippen LogP contribution in [0.3, 0.4) is 0 Å². The first kappa shape index (κ1) is 15.1. The zero-order valence-electron chi connectivity index (χ0n) is 14.2. The minimum Gasteiger partial charge on any atom is -0.494 e. The van der Waals surface area contributed by atoms with Crippen LogP contribution >= 0.6 is 0 Å². The number of hydrogen-bond acceptors (Lipinski definition) is 3. The Balaban J connectivity index is 1.58. The summed E-state index contributed by atoms with van der Waals surface area (Å²) >= 11 is 0. The maximum absolute atomic E-state index is 13.1. The topological polar surface area (TPSA) is 55.9 Å². The standard InChI is InChI=1S/C20H17FN4O/c1-12-19(22-23-25(12)17-5-3-15(21)4-6-17)13-2-9-18-14(10-13)11-24(20(18)26)16-7-8-16/h2-6,9-11,16,26H,7-8H2,1H3. The van der Waals surface area contributed by atoms with Crippen LogP contribution in [0, 0.1) is 12.7 Å². The summed E-state index contributed by atoms with van der Waals surface area (Å²) in [7, 11) is 0. The Morgan fingerprint density at radius 2 is 1.88 bits per heavy atom. The molecule has 1 aliphatic rings. The Hall–Kier alpha value is -3.15. The molecule has 4 aromatic rings. The first-order valence-corrected chi connectivity index (χ1v) is 8.64. The molecule has 2 aromatic carbocycles. The van der Waals surface area contributed by atoms with E-state index in [2.05, 4.69) is 10.3 Å². The van der Waals surface area contributed by atoms with E-state index < -0.39 is 0 Å². The molecule has 1 aliphatic carbocycles. The van der Waals surface area contributed by atoms with Crippen molar-refractivity contribution < 1.29 is 9.50 Å². The number of nitrogens with zero attached hydrogens (tertiary/aromatic N) is 4. The van der Waals surface area contributed by atoms with Gasteiger partial charge in [-0.1, -0.05) is 11.3 Å². The van der Waals surface area contributed by atoms with Gasteiger partial charge in [-0.25, -0.2) is 9.07 Å². The highest BCUT2D eigenvalue weighted by atomic mass is 19.1. The van der Waals surface area contributed by atoms with Gasteiger partial charge in [0.05, 0.1) is 11.4 Å². The Bertz CT molecular complexity index is 1120. The van der Waals surface area contributed by atoms with Crippen molar-refractivity contribution in [1.82, 2.24) is 19.6 Å². The van der Waals surface area contributed by atoms with Crippen LogP contribution in [0.4, 0.5) is 4.39 Å². The van der Waals surface area contributed by atoms with Crippen molar-refractivity contribution in [3.63, 3.8) is 0 Å². The minimum atomic E-state index is -0.280. The number of aromatic hydroxyl groups is 1. The van der Waals surface area contributed by atoms with Gasteiger partial charge in [-0.05, 0) is 56.2 Å². The number of benzene rings is 2. The van der Waals surface area contributed by atoms with Gasteiger partial charge in [-0.2, -0.15) is 0 Å². The molecule has 0 amide bonds.